The van der Waals surface area contributed by atoms with Crippen LogP contribution in [0, 0.1) is 6.92 Å². The van der Waals surface area contributed by atoms with Crippen LogP contribution in [-0.4, -0.2) is 26.1 Å². The Hall–Kier alpha value is -3.42. The Morgan fingerprint density at radius 2 is 2.04 bits per heavy atom. The Morgan fingerprint density at radius 1 is 1.30 bits per heavy atom. The van der Waals surface area contributed by atoms with Crippen LogP contribution in [0.25, 0.3) is 11.1 Å². The molecule has 0 unspecified atom stereocenters. The number of hydrogen-bond acceptors (Lipinski definition) is 5. The van der Waals surface area contributed by atoms with Gasteiger partial charge in [0.1, 0.15) is 0 Å². The summed E-state index contributed by atoms with van der Waals surface area (Å²) in [6.45, 7) is 1.74. The highest BCUT2D eigenvalue weighted by Crippen LogP contribution is 2.39. The lowest BCUT2D eigenvalue weighted by Crippen LogP contribution is -2.16. The maximum absolute atomic E-state index is 12.2. The minimum atomic E-state index is -0.282. The van der Waals surface area contributed by atoms with Gasteiger partial charge in [-0.15, -0.1) is 0 Å². The van der Waals surface area contributed by atoms with Crippen LogP contribution in [0.1, 0.15) is 35.7 Å². The van der Waals surface area contributed by atoms with Crippen molar-refractivity contribution in [2.75, 3.05) is 11.1 Å². The summed E-state index contributed by atoms with van der Waals surface area (Å²) >= 11 is 0. The second kappa shape index (κ2) is 6.71. The van der Waals surface area contributed by atoms with E-state index in [0.29, 0.717) is 23.0 Å². The number of aromatic nitrogens is 4. The van der Waals surface area contributed by atoms with Gasteiger partial charge in [0.25, 0.3) is 5.56 Å². The number of carbonyl (C=O) groups is 1. The Balaban J connectivity index is 1.44. The minimum absolute atomic E-state index is 0.0951. The van der Waals surface area contributed by atoms with E-state index in [0.717, 1.165) is 16.8 Å². The number of anilines is 2. The van der Waals surface area contributed by atoms with Crippen LogP contribution in [-0.2, 0) is 11.2 Å². The van der Waals surface area contributed by atoms with Crippen molar-refractivity contribution in [1.29, 1.82) is 0 Å². The molecule has 0 bridgehead atoms. The summed E-state index contributed by atoms with van der Waals surface area (Å²) in [7, 11) is 0. The number of benzene rings is 1. The molecule has 0 radical (unpaired) electrons. The molecular formula is C19H20N6O2. The highest BCUT2D eigenvalue weighted by atomic mass is 16.1. The number of nitrogen functional groups attached to an aromatic ring is 1. The van der Waals surface area contributed by atoms with Crippen molar-refractivity contribution in [1.82, 2.24) is 20.2 Å². The standard InChI is InChI=1S/C19H20N6O2/c1-10-17(18(27)23-19(20)21-10)13-4-2-11(3-5-13)8-16(26)22-15-9-14(24-25-15)12-6-7-12/h2-5,9,12H,6-8H2,1H3,(H3,20,21,23,27)(H2,22,24,25,26). The largest absolute Gasteiger partial charge is 0.369 e. The number of nitrogens with two attached hydrogens (primary N) is 1. The number of aryl methyl sites for hydroxylation is 1. The number of rotatable bonds is 5. The molecule has 8 heteroatoms. The second-order valence-electron chi connectivity index (χ2n) is 6.82. The highest BCUT2D eigenvalue weighted by Gasteiger charge is 2.25. The molecule has 3 aromatic rings. The lowest BCUT2D eigenvalue weighted by atomic mass is 10.0. The fourth-order valence-corrected chi connectivity index (χ4v) is 3.11. The summed E-state index contributed by atoms with van der Waals surface area (Å²) in [5.74, 6) is 1.07. The number of aromatic amines is 2. The van der Waals surface area contributed by atoms with E-state index in [1.54, 1.807) is 19.1 Å². The first kappa shape index (κ1) is 17.0. The number of nitrogens with zero attached hydrogens (tertiary/aromatic N) is 2. The molecule has 0 atom stereocenters. The summed E-state index contributed by atoms with van der Waals surface area (Å²) in [6, 6.07) is 9.14. The van der Waals surface area contributed by atoms with Gasteiger partial charge in [-0.05, 0) is 30.9 Å². The Kier molecular flexibility index (Phi) is 4.23. The smallest absolute Gasteiger partial charge is 0.260 e. The molecule has 2 aromatic heterocycles. The molecule has 8 nitrogen and oxygen atoms in total. The zero-order valence-corrected chi connectivity index (χ0v) is 14.9. The molecule has 0 aliphatic heterocycles. The summed E-state index contributed by atoms with van der Waals surface area (Å²) in [5.41, 5.74) is 8.95. The van der Waals surface area contributed by atoms with Crippen LogP contribution in [0.4, 0.5) is 11.8 Å². The summed E-state index contributed by atoms with van der Waals surface area (Å²) in [6.07, 6.45) is 2.57. The fraction of sp³-hybridized carbons (Fsp3) is 0.263. The van der Waals surface area contributed by atoms with E-state index in [2.05, 4.69) is 25.5 Å². The highest BCUT2D eigenvalue weighted by molar-refractivity contribution is 5.91. The normalized spacial score (nSPS) is 13.5. The van der Waals surface area contributed by atoms with Crippen LogP contribution in [0.3, 0.4) is 0 Å². The molecule has 0 spiro atoms. The Bertz CT molecular complexity index is 1050. The summed E-state index contributed by atoms with van der Waals surface area (Å²) in [5, 5.41) is 9.90. The monoisotopic (exact) mass is 364 g/mol. The average Bonchev–Trinajstić information content (AvgIpc) is 3.35. The van der Waals surface area contributed by atoms with Gasteiger partial charge in [0, 0.05) is 17.7 Å². The van der Waals surface area contributed by atoms with Gasteiger partial charge in [-0.3, -0.25) is 19.7 Å². The zero-order valence-electron chi connectivity index (χ0n) is 14.9. The molecule has 1 aromatic carbocycles. The third kappa shape index (κ3) is 3.74. The first-order valence-corrected chi connectivity index (χ1v) is 8.80. The molecule has 1 fully saturated rings. The van der Waals surface area contributed by atoms with Crippen LogP contribution in [0.2, 0.25) is 0 Å². The van der Waals surface area contributed by atoms with E-state index in [4.69, 9.17) is 5.73 Å². The van der Waals surface area contributed by atoms with E-state index in [-0.39, 0.29) is 23.8 Å². The Morgan fingerprint density at radius 3 is 2.70 bits per heavy atom. The molecule has 138 valence electrons. The van der Waals surface area contributed by atoms with Gasteiger partial charge in [-0.25, -0.2) is 4.98 Å². The fourth-order valence-electron chi connectivity index (χ4n) is 3.11. The first-order valence-electron chi connectivity index (χ1n) is 8.80. The SMILES string of the molecule is Cc1nc(N)[nH]c(=O)c1-c1ccc(CC(=O)Nc2cc(C3CC3)[nH]n2)cc1. The minimum Gasteiger partial charge on any atom is -0.369 e. The lowest BCUT2D eigenvalue weighted by Gasteiger charge is -2.07. The van der Waals surface area contributed by atoms with Gasteiger partial charge >= 0.3 is 0 Å². The van der Waals surface area contributed by atoms with Crippen molar-refractivity contribution in [3.8, 4) is 11.1 Å². The predicted octanol–water partition coefficient (Wildman–Crippen LogP) is 2.11. The molecule has 27 heavy (non-hydrogen) atoms. The Labute approximate surface area is 155 Å². The first-order chi connectivity index (χ1) is 13.0. The van der Waals surface area contributed by atoms with Crippen molar-refractivity contribution in [2.24, 2.45) is 0 Å². The maximum atomic E-state index is 12.2. The lowest BCUT2D eigenvalue weighted by molar-refractivity contribution is -0.115. The van der Waals surface area contributed by atoms with E-state index >= 15 is 0 Å². The quantitative estimate of drug-likeness (QED) is 0.551. The van der Waals surface area contributed by atoms with Crippen molar-refractivity contribution in [2.45, 2.75) is 32.1 Å². The number of amides is 1. The van der Waals surface area contributed by atoms with Crippen molar-refractivity contribution < 1.29 is 4.79 Å². The van der Waals surface area contributed by atoms with Gasteiger partial charge in [0.15, 0.2) is 5.82 Å². The van der Waals surface area contributed by atoms with E-state index < -0.39 is 0 Å². The second-order valence-corrected chi connectivity index (χ2v) is 6.82. The topological polar surface area (TPSA) is 130 Å². The average molecular weight is 364 g/mol. The molecule has 1 amide bonds. The van der Waals surface area contributed by atoms with Gasteiger partial charge < -0.3 is 11.1 Å². The summed E-state index contributed by atoms with van der Waals surface area (Å²) in [4.78, 5) is 31.0. The van der Waals surface area contributed by atoms with E-state index in [1.165, 1.54) is 12.8 Å². The van der Waals surface area contributed by atoms with Gasteiger partial charge in [0.05, 0.1) is 17.7 Å². The van der Waals surface area contributed by atoms with Gasteiger partial charge in [-0.1, -0.05) is 24.3 Å². The number of carbonyl (C=O) groups excluding carboxylic acids is 1. The van der Waals surface area contributed by atoms with Gasteiger partial charge in [-0.2, -0.15) is 5.10 Å². The molecule has 5 N–H and O–H groups in total. The zero-order chi connectivity index (χ0) is 19.0. The summed E-state index contributed by atoms with van der Waals surface area (Å²) < 4.78 is 0. The molecule has 2 heterocycles. The van der Waals surface area contributed by atoms with Crippen molar-refractivity contribution in [3.05, 3.63) is 57.6 Å². The van der Waals surface area contributed by atoms with Crippen LogP contribution < -0.4 is 16.6 Å². The molecule has 1 aliphatic rings. The third-order valence-electron chi connectivity index (χ3n) is 4.61. The molecule has 1 saturated carbocycles. The van der Waals surface area contributed by atoms with Crippen LogP contribution in [0.15, 0.2) is 35.1 Å². The maximum Gasteiger partial charge on any atom is 0.260 e. The van der Waals surface area contributed by atoms with E-state index in [1.807, 2.05) is 18.2 Å². The van der Waals surface area contributed by atoms with Crippen LogP contribution in [0.5, 0.6) is 0 Å². The number of hydrogen-bond donors (Lipinski definition) is 4. The van der Waals surface area contributed by atoms with E-state index in [9.17, 15) is 9.59 Å². The van der Waals surface area contributed by atoms with Gasteiger partial charge in [0.2, 0.25) is 11.9 Å². The van der Waals surface area contributed by atoms with Crippen molar-refractivity contribution >= 4 is 17.7 Å². The molecule has 1 aliphatic carbocycles. The van der Waals surface area contributed by atoms with Crippen molar-refractivity contribution in [3.63, 3.8) is 0 Å². The number of nitrogens with one attached hydrogen (secondary N) is 3. The number of H-pyrrole nitrogens is 2. The predicted molar refractivity (Wildman–Crippen MR) is 102 cm³/mol. The third-order valence-corrected chi connectivity index (χ3v) is 4.61. The van der Waals surface area contributed by atoms with Crippen LogP contribution >= 0.6 is 0 Å². The molecular weight excluding hydrogens is 344 g/mol. The molecule has 0 saturated heterocycles. The molecule has 4 rings (SSSR count).